The summed E-state index contributed by atoms with van der Waals surface area (Å²) in [6.45, 7) is 0.641. The predicted octanol–water partition coefficient (Wildman–Crippen LogP) is 1.18. The van der Waals surface area contributed by atoms with Crippen molar-refractivity contribution in [1.29, 1.82) is 0 Å². The fourth-order valence-corrected chi connectivity index (χ4v) is 1.83. The minimum atomic E-state index is -0.266. The molecule has 0 unspecified atom stereocenters. The Morgan fingerprint density at radius 3 is 2.70 bits per heavy atom. The Morgan fingerprint density at radius 1 is 1.25 bits per heavy atom. The molecular formula is C15H16FN2O2+. The summed E-state index contributed by atoms with van der Waals surface area (Å²) in [6, 6.07) is 9.42. The highest BCUT2D eigenvalue weighted by Gasteiger charge is 2.09. The zero-order chi connectivity index (χ0) is 14.4. The molecule has 1 aromatic heterocycles. The quantitative estimate of drug-likeness (QED) is 0.805. The highest BCUT2D eigenvalue weighted by Crippen LogP contribution is 2.02. The van der Waals surface area contributed by atoms with Gasteiger partial charge in [-0.2, -0.15) is 4.57 Å². The normalized spacial score (nSPS) is 10.2. The van der Waals surface area contributed by atoms with Gasteiger partial charge in [-0.15, -0.1) is 0 Å². The molecule has 1 aromatic carbocycles. The van der Waals surface area contributed by atoms with Gasteiger partial charge in [0.15, 0.2) is 11.9 Å². The fraction of sp³-hybridized carbons (Fsp3) is 0.200. The van der Waals surface area contributed by atoms with Gasteiger partial charge >= 0.3 is 0 Å². The summed E-state index contributed by atoms with van der Waals surface area (Å²) >= 11 is 0. The number of pyridine rings is 1. The number of amides is 1. The van der Waals surface area contributed by atoms with Crippen molar-refractivity contribution in [3.8, 4) is 5.75 Å². The lowest BCUT2D eigenvalue weighted by atomic mass is 10.1. The Kier molecular flexibility index (Phi) is 4.65. The smallest absolute Gasteiger partial charge is 0.286 e. The molecule has 20 heavy (non-hydrogen) atoms. The van der Waals surface area contributed by atoms with E-state index in [1.807, 2.05) is 0 Å². The van der Waals surface area contributed by atoms with Gasteiger partial charge in [0.25, 0.3) is 5.91 Å². The summed E-state index contributed by atoms with van der Waals surface area (Å²) < 4.78 is 14.3. The van der Waals surface area contributed by atoms with Gasteiger partial charge in [-0.3, -0.25) is 4.79 Å². The Morgan fingerprint density at radius 2 is 2.00 bits per heavy atom. The van der Waals surface area contributed by atoms with E-state index in [-0.39, 0.29) is 24.0 Å². The molecule has 0 aliphatic carbocycles. The standard InChI is InChI=1S/C15H15FN2O2/c16-13-5-3-12(4-6-13)7-8-17-15(20)11-18-9-1-2-14(19)10-18/h1-6,9-10H,7-8,11H2,(H-,17,19,20)/p+1. The van der Waals surface area contributed by atoms with E-state index in [2.05, 4.69) is 5.32 Å². The van der Waals surface area contributed by atoms with E-state index >= 15 is 0 Å². The minimum Gasteiger partial charge on any atom is -0.503 e. The van der Waals surface area contributed by atoms with Gasteiger partial charge in [-0.1, -0.05) is 12.1 Å². The van der Waals surface area contributed by atoms with Crippen LogP contribution >= 0.6 is 0 Å². The van der Waals surface area contributed by atoms with Gasteiger partial charge in [0, 0.05) is 12.6 Å². The number of carbonyl (C=O) groups is 1. The molecule has 104 valence electrons. The maximum Gasteiger partial charge on any atom is 0.286 e. The second-order valence-corrected chi connectivity index (χ2v) is 4.46. The molecule has 5 heteroatoms. The van der Waals surface area contributed by atoms with Crippen LogP contribution in [0.3, 0.4) is 0 Å². The van der Waals surface area contributed by atoms with Gasteiger partial charge in [-0.25, -0.2) is 4.39 Å². The van der Waals surface area contributed by atoms with Crippen molar-refractivity contribution in [3.05, 3.63) is 60.2 Å². The lowest BCUT2D eigenvalue weighted by Crippen LogP contribution is -2.42. The number of nitrogens with one attached hydrogen (secondary N) is 1. The van der Waals surface area contributed by atoms with E-state index in [1.54, 1.807) is 35.0 Å². The SMILES string of the molecule is O=C(C[n+]1cccc(O)c1)NCCc1ccc(F)cc1. The number of nitrogens with zero attached hydrogens (tertiary/aromatic N) is 1. The van der Waals surface area contributed by atoms with Crippen LogP contribution in [0.25, 0.3) is 0 Å². The summed E-state index contributed by atoms with van der Waals surface area (Å²) in [5.41, 5.74) is 0.969. The van der Waals surface area contributed by atoms with E-state index < -0.39 is 0 Å². The highest BCUT2D eigenvalue weighted by atomic mass is 19.1. The summed E-state index contributed by atoms with van der Waals surface area (Å²) in [4.78, 5) is 11.7. The van der Waals surface area contributed by atoms with Crippen molar-refractivity contribution >= 4 is 5.91 Å². The van der Waals surface area contributed by atoms with Crippen LogP contribution in [-0.2, 0) is 17.8 Å². The monoisotopic (exact) mass is 275 g/mol. The number of hydrogen-bond acceptors (Lipinski definition) is 2. The van der Waals surface area contributed by atoms with Crippen LogP contribution in [0.15, 0.2) is 48.8 Å². The molecule has 0 aliphatic rings. The van der Waals surface area contributed by atoms with Gasteiger partial charge in [0.05, 0.1) is 0 Å². The maximum absolute atomic E-state index is 12.7. The zero-order valence-electron chi connectivity index (χ0n) is 10.9. The molecule has 0 fully saturated rings. The first-order chi connectivity index (χ1) is 9.63. The molecule has 0 saturated heterocycles. The van der Waals surface area contributed by atoms with Crippen LogP contribution in [0.5, 0.6) is 5.75 Å². The lowest BCUT2D eigenvalue weighted by Gasteiger charge is -2.03. The third-order valence-corrected chi connectivity index (χ3v) is 2.82. The van der Waals surface area contributed by atoms with E-state index in [4.69, 9.17) is 0 Å². The first kappa shape index (κ1) is 14.0. The van der Waals surface area contributed by atoms with Gasteiger partial charge in [0.1, 0.15) is 5.82 Å². The van der Waals surface area contributed by atoms with Crippen molar-refractivity contribution in [2.75, 3.05) is 6.54 Å². The Labute approximate surface area is 116 Å². The lowest BCUT2D eigenvalue weighted by molar-refractivity contribution is -0.684. The topological polar surface area (TPSA) is 53.2 Å². The first-order valence-electron chi connectivity index (χ1n) is 6.33. The molecule has 0 bridgehead atoms. The van der Waals surface area contributed by atoms with Crippen LogP contribution in [0.1, 0.15) is 5.56 Å². The van der Waals surface area contributed by atoms with E-state index in [9.17, 15) is 14.3 Å². The van der Waals surface area contributed by atoms with E-state index in [1.165, 1.54) is 18.3 Å². The average Bonchev–Trinajstić information content (AvgIpc) is 2.41. The van der Waals surface area contributed by atoms with Gasteiger partial charge < -0.3 is 10.4 Å². The van der Waals surface area contributed by atoms with Crippen molar-refractivity contribution < 1.29 is 18.9 Å². The summed E-state index contributed by atoms with van der Waals surface area (Å²) in [5, 5.41) is 12.1. The van der Waals surface area contributed by atoms with Crippen LogP contribution in [0, 0.1) is 5.82 Å². The third kappa shape index (κ3) is 4.35. The molecule has 1 heterocycles. The van der Waals surface area contributed by atoms with Crippen LogP contribution in [0.4, 0.5) is 4.39 Å². The molecular weight excluding hydrogens is 259 g/mol. The number of aromatic nitrogens is 1. The number of carbonyl (C=O) groups excluding carboxylic acids is 1. The molecule has 0 saturated carbocycles. The van der Waals surface area contributed by atoms with Crippen LogP contribution in [0.2, 0.25) is 0 Å². The highest BCUT2D eigenvalue weighted by molar-refractivity contribution is 5.74. The largest absolute Gasteiger partial charge is 0.503 e. The van der Waals surface area contributed by atoms with Crippen molar-refractivity contribution in [1.82, 2.24) is 5.32 Å². The number of rotatable bonds is 5. The fourth-order valence-electron chi connectivity index (χ4n) is 1.83. The van der Waals surface area contributed by atoms with Gasteiger partial charge in [-0.05, 0) is 30.2 Å². The van der Waals surface area contributed by atoms with Crippen molar-refractivity contribution in [3.63, 3.8) is 0 Å². The summed E-state index contributed by atoms with van der Waals surface area (Å²) in [6.07, 6.45) is 3.84. The maximum atomic E-state index is 12.7. The predicted molar refractivity (Wildman–Crippen MR) is 71.4 cm³/mol. The number of aromatic hydroxyl groups is 1. The molecule has 2 aromatic rings. The Hall–Kier alpha value is -2.43. The average molecular weight is 275 g/mol. The Balaban J connectivity index is 1.76. The number of benzene rings is 1. The van der Waals surface area contributed by atoms with E-state index in [0.29, 0.717) is 13.0 Å². The van der Waals surface area contributed by atoms with Crippen LogP contribution in [-0.4, -0.2) is 17.6 Å². The minimum absolute atomic E-state index is 0.117. The zero-order valence-corrected chi connectivity index (χ0v) is 10.9. The molecule has 1 amide bonds. The third-order valence-electron chi connectivity index (χ3n) is 2.82. The molecule has 0 aliphatic heterocycles. The second kappa shape index (κ2) is 6.65. The molecule has 4 nitrogen and oxygen atoms in total. The molecule has 0 spiro atoms. The number of halogens is 1. The molecule has 0 radical (unpaired) electrons. The Bertz CT molecular complexity index is 585. The molecule has 0 atom stereocenters. The second-order valence-electron chi connectivity index (χ2n) is 4.46. The van der Waals surface area contributed by atoms with Crippen molar-refractivity contribution in [2.24, 2.45) is 0 Å². The number of hydrogen-bond donors (Lipinski definition) is 2. The van der Waals surface area contributed by atoms with Crippen molar-refractivity contribution in [2.45, 2.75) is 13.0 Å². The first-order valence-corrected chi connectivity index (χ1v) is 6.33. The van der Waals surface area contributed by atoms with E-state index in [0.717, 1.165) is 5.56 Å². The van der Waals surface area contributed by atoms with Crippen LogP contribution < -0.4 is 9.88 Å². The summed E-state index contributed by atoms with van der Waals surface area (Å²) in [7, 11) is 0. The van der Waals surface area contributed by atoms with Gasteiger partial charge in [0.2, 0.25) is 12.7 Å². The summed E-state index contributed by atoms with van der Waals surface area (Å²) in [5.74, 6) is -0.285. The molecule has 2 N–H and O–H groups in total. The molecule has 2 rings (SSSR count).